The Morgan fingerprint density at radius 2 is 1.77 bits per heavy atom. The summed E-state index contributed by atoms with van der Waals surface area (Å²) in [6, 6.07) is 16.7. The molecular formula is C37H43N7O6S2. The maximum absolute atomic E-state index is 14.1. The highest BCUT2D eigenvalue weighted by Crippen LogP contribution is 2.40. The van der Waals surface area contributed by atoms with Gasteiger partial charge in [0.25, 0.3) is 5.91 Å². The Hall–Kier alpha value is -4.73. The monoisotopic (exact) mass is 745 g/mol. The molecule has 0 saturated carbocycles. The zero-order chi connectivity index (χ0) is 37.6. The predicted octanol–water partition coefficient (Wildman–Crippen LogP) is 4.96. The lowest BCUT2D eigenvalue weighted by Gasteiger charge is -2.37. The normalized spacial score (nSPS) is 16.9. The molecule has 1 N–H and O–H groups in total. The maximum atomic E-state index is 14.1. The first-order chi connectivity index (χ1) is 24.5. The Balaban J connectivity index is 1.44. The number of carbonyl (C=O) groups is 1. The molecule has 3 heterocycles. The molecule has 1 aliphatic heterocycles. The van der Waals surface area contributed by atoms with Crippen LogP contribution in [-0.2, 0) is 33.0 Å². The Labute approximate surface area is 304 Å². The fourth-order valence-electron chi connectivity index (χ4n) is 6.81. The average Bonchev–Trinajstić information content (AvgIpc) is 3.49. The molecule has 6 rings (SSSR count). The number of nitrogens with one attached hydrogen (secondary N) is 1. The summed E-state index contributed by atoms with van der Waals surface area (Å²) in [7, 11) is -7.55. The predicted molar refractivity (Wildman–Crippen MR) is 196 cm³/mol. The lowest BCUT2D eigenvalue weighted by atomic mass is 9.74. The molecule has 3 aromatic carbocycles. The first kappa shape index (κ1) is 37.0. The number of ether oxygens (including phenoxy) is 1. The molecule has 0 fully saturated rings. The zero-order valence-corrected chi connectivity index (χ0v) is 31.9. The number of nitrogens with zero attached hydrogens (tertiary/aromatic N) is 6. The van der Waals surface area contributed by atoms with E-state index in [1.54, 1.807) is 24.3 Å². The molecule has 52 heavy (non-hydrogen) atoms. The SMILES string of the molecule is CC[C@@H]1CN(Cc2cc(C(c3ccc4c(nnn4CC)c3C)C(C)(C)NC(=O)c3cnc(S(C)(=O)=O)nc3)ccc2C)S(=O)(=O)c2ccccc2O1. The van der Waals surface area contributed by atoms with Crippen molar-refractivity contribution in [2.75, 3.05) is 12.8 Å². The molecule has 2 aromatic heterocycles. The van der Waals surface area contributed by atoms with Gasteiger partial charge in [-0.25, -0.2) is 31.5 Å². The van der Waals surface area contributed by atoms with Crippen LogP contribution >= 0.6 is 0 Å². The molecule has 13 nitrogen and oxygen atoms in total. The fourth-order valence-corrected chi connectivity index (χ4v) is 8.87. The molecule has 0 saturated heterocycles. The minimum Gasteiger partial charge on any atom is -0.488 e. The van der Waals surface area contributed by atoms with Crippen LogP contribution in [0.3, 0.4) is 0 Å². The fraction of sp³-hybridized carbons (Fsp3) is 0.378. The Morgan fingerprint density at radius 3 is 2.44 bits per heavy atom. The lowest BCUT2D eigenvalue weighted by molar-refractivity contribution is 0.0904. The number of sulfone groups is 1. The van der Waals surface area contributed by atoms with Crippen molar-refractivity contribution in [3.05, 3.63) is 100 Å². The van der Waals surface area contributed by atoms with Crippen LogP contribution in [0.5, 0.6) is 5.75 Å². The summed E-state index contributed by atoms with van der Waals surface area (Å²) in [5, 5.41) is 11.6. The Morgan fingerprint density at radius 1 is 1.06 bits per heavy atom. The van der Waals surface area contributed by atoms with E-state index in [1.807, 2.05) is 76.6 Å². The third kappa shape index (κ3) is 7.04. The molecule has 0 radical (unpaired) electrons. The molecule has 2 atom stereocenters. The van der Waals surface area contributed by atoms with E-state index in [0.717, 1.165) is 45.1 Å². The highest BCUT2D eigenvalue weighted by molar-refractivity contribution is 7.90. The highest BCUT2D eigenvalue weighted by Gasteiger charge is 2.38. The van der Waals surface area contributed by atoms with Crippen LogP contribution in [0.1, 0.15) is 78.2 Å². The molecule has 15 heteroatoms. The first-order valence-corrected chi connectivity index (χ1v) is 20.4. The minimum absolute atomic E-state index is 0.0984. The summed E-state index contributed by atoms with van der Waals surface area (Å²) in [6.07, 6.45) is 3.69. The van der Waals surface area contributed by atoms with Crippen molar-refractivity contribution in [3.63, 3.8) is 0 Å². The van der Waals surface area contributed by atoms with Crippen molar-refractivity contribution in [1.29, 1.82) is 0 Å². The molecule has 1 amide bonds. The van der Waals surface area contributed by atoms with Crippen molar-refractivity contribution < 1.29 is 26.4 Å². The molecule has 1 unspecified atom stereocenters. The largest absolute Gasteiger partial charge is 0.488 e. The summed E-state index contributed by atoms with van der Waals surface area (Å²) >= 11 is 0. The summed E-state index contributed by atoms with van der Waals surface area (Å²) in [5.74, 6) is -0.600. The van der Waals surface area contributed by atoms with Gasteiger partial charge in [0.1, 0.15) is 22.3 Å². The van der Waals surface area contributed by atoms with Crippen molar-refractivity contribution >= 4 is 36.8 Å². The second kappa shape index (κ2) is 14.0. The van der Waals surface area contributed by atoms with Crippen molar-refractivity contribution in [1.82, 2.24) is 34.6 Å². The van der Waals surface area contributed by atoms with E-state index in [1.165, 1.54) is 16.7 Å². The van der Waals surface area contributed by atoms with Crippen LogP contribution in [0.25, 0.3) is 11.0 Å². The summed E-state index contributed by atoms with van der Waals surface area (Å²) in [5.41, 5.74) is 5.11. The van der Waals surface area contributed by atoms with Gasteiger partial charge in [-0.1, -0.05) is 48.5 Å². The standard InChI is InChI=1S/C37H43N7O6S2/c1-8-28-22-43(52(48,49)32-13-11-10-12-31(32)50-28)21-26-18-25(15-14-23(26)3)33(29-16-17-30-34(24(29)4)41-42-44(30)9-2)37(5,6)40-35(45)27-19-38-36(39-20-27)51(7,46)47/h10-20,28,33H,8-9,21-22H2,1-7H3,(H,40,45)/t28-,33?/m1/s1. The number of aromatic nitrogens is 5. The van der Waals surface area contributed by atoms with Gasteiger partial charge in [-0.15, -0.1) is 5.10 Å². The molecule has 0 spiro atoms. The van der Waals surface area contributed by atoms with E-state index in [9.17, 15) is 21.6 Å². The van der Waals surface area contributed by atoms with Crippen molar-refractivity contribution in [2.45, 2.75) is 88.7 Å². The lowest BCUT2D eigenvalue weighted by Crippen LogP contribution is -2.48. The number of amides is 1. The number of hydrogen-bond donors (Lipinski definition) is 1. The number of benzene rings is 3. The molecule has 0 aliphatic carbocycles. The van der Waals surface area contributed by atoms with Crippen molar-refractivity contribution in [3.8, 4) is 5.75 Å². The number of rotatable bonds is 10. The van der Waals surface area contributed by atoms with Crippen LogP contribution in [-0.4, -0.2) is 76.5 Å². The molecule has 5 aromatic rings. The van der Waals surface area contributed by atoms with Gasteiger partial charge in [0.2, 0.25) is 25.0 Å². The van der Waals surface area contributed by atoms with Gasteiger partial charge in [0.15, 0.2) is 0 Å². The first-order valence-electron chi connectivity index (χ1n) is 17.1. The van der Waals surface area contributed by atoms with Gasteiger partial charge < -0.3 is 10.1 Å². The smallest absolute Gasteiger partial charge is 0.254 e. The van der Waals surface area contributed by atoms with Gasteiger partial charge in [-0.3, -0.25) is 4.79 Å². The van der Waals surface area contributed by atoms with Crippen LogP contribution in [0, 0.1) is 13.8 Å². The molecule has 0 bridgehead atoms. The minimum atomic E-state index is -3.90. The van der Waals surface area contributed by atoms with E-state index >= 15 is 0 Å². The topological polar surface area (TPSA) is 166 Å². The van der Waals surface area contributed by atoms with Gasteiger partial charge in [0, 0.05) is 43.2 Å². The second-order valence-electron chi connectivity index (χ2n) is 13.8. The van der Waals surface area contributed by atoms with E-state index in [-0.39, 0.29) is 34.8 Å². The van der Waals surface area contributed by atoms with E-state index in [2.05, 4.69) is 25.6 Å². The summed E-state index contributed by atoms with van der Waals surface area (Å²) in [4.78, 5) is 21.7. The quantitative estimate of drug-likeness (QED) is 0.193. The summed E-state index contributed by atoms with van der Waals surface area (Å²) in [6.45, 7) is 12.7. The Bertz CT molecular complexity index is 2380. The zero-order valence-electron chi connectivity index (χ0n) is 30.3. The Kier molecular flexibility index (Phi) is 9.98. The maximum Gasteiger partial charge on any atom is 0.254 e. The van der Waals surface area contributed by atoms with E-state index < -0.39 is 37.2 Å². The highest BCUT2D eigenvalue weighted by atomic mass is 32.2. The van der Waals surface area contributed by atoms with Gasteiger partial charge in [0.05, 0.1) is 17.6 Å². The third-order valence-electron chi connectivity index (χ3n) is 9.65. The number of carbonyl (C=O) groups excluding carboxylic acids is 1. The van der Waals surface area contributed by atoms with Gasteiger partial charge >= 0.3 is 0 Å². The van der Waals surface area contributed by atoms with Crippen molar-refractivity contribution in [2.24, 2.45) is 0 Å². The molecule has 1 aliphatic rings. The number of aryl methyl sites for hydroxylation is 3. The second-order valence-corrected chi connectivity index (χ2v) is 17.6. The number of hydrogen-bond acceptors (Lipinski definition) is 10. The molecule has 274 valence electrons. The number of fused-ring (bicyclic) bond motifs is 2. The molecular weight excluding hydrogens is 703 g/mol. The van der Waals surface area contributed by atoms with E-state index in [0.29, 0.717) is 18.7 Å². The third-order valence-corrected chi connectivity index (χ3v) is 12.4. The van der Waals surface area contributed by atoms with E-state index in [4.69, 9.17) is 4.74 Å². The van der Waals surface area contributed by atoms with Gasteiger partial charge in [-0.2, -0.15) is 4.31 Å². The average molecular weight is 746 g/mol. The number of sulfonamides is 1. The number of para-hydroxylation sites is 1. The van der Waals surface area contributed by atoms with Crippen LogP contribution in [0.4, 0.5) is 0 Å². The van der Waals surface area contributed by atoms with Crippen LogP contribution in [0.15, 0.2) is 77.0 Å². The van der Waals surface area contributed by atoms with Gasteiger partial charge in [-0.05, 0) is 87.1 Å². The summed E-state index contributed by atoms with van der Waals surface area (Å²) < 4.78 is 61.5. The van der Waals surface area contributed by atoms with Crippen LogP contribution < -0.4 is 10.1 Å². The van der Waals surface area contributed by atoms with Crippen LogP contribution in [0.2, 0.25) is 0 Å².